The molecular weight excluding hydrogens is 292 g/mol. The second kappa shape index (κ2) is 8.70. The number of carbonyl (C=O) groups is 2. The van der Waals surface area contributed by atoms with Crippen LogP contribution in [0, 0.1) is 19.3 Å². The highest BCUT2D eigenvalue weighted by atomic mass is 16.6. The Hall–Kier alpha value is -1.84. The molecule has 23 heavy (non-hydrogen) atoms. The zero-order valence-electron chi connectivity index (χ0n) is 14.9. The van der Waals surface area contributed by atoms with E-state index < -0.39 is 17.4 Å². The third-order valence-corrected chi connectivity index (χ3v) is 4.48. The molecule has 1 aromatic carbocycles. The van der Waals surface area contributed by atoms with Crippen LogP contribution < -0.4 is 4.74 Å². The van der Waals surface area contributed by atoms with Crippen molar-refractivity contribution in [1.82, 2.24) is 0 Å². The predicted molar refractivity (Wildman–Crippen MR) is 90.4 cm³/mol. The molecule has 0 saturated heterocycles. The topological polar surface area (TPSA) is 52.6 Å². The van der Waals surface area contributed by atoms with Crippen LogP contribution in [0.4, 0.5) is 0 Å². The quantitative estimate of drug-likeness (QED) is 0.309. The van der Waals surface area contributed by atoms with Gasteiger partial charge in [0.05, 0.1) is 6.61 Å². The van der Waals surface area contributed by atoms with Gasteiger partial charge in [-0.15, -0.1) is 0 Å². The van der Waals surface area contributed by atoms with E-state index in [1.54, 1.807) is 6.07 Å². The molecular formula is C19H28O4. The van der Waals surface area contributed by atoms with Crippen LogP contribution >= 0.6 is 0 Å². The van der Waals surface area contributed by atoms with Gasteiger partial charge in [0.15, 0.2) is 5.41 Å². The summed E-state index contributed by atoms with van der Waals surface area (Å²) in [7, 11) is 0. The molecule has 1 aromatic rings. The van der Waals surface area contributed by atoms with Gasteiger partial charge < -0.3 is 9.47 Å². The number of unbranched alkanes of at least 4 members (excludes halogenated alkanes) is 1. The standard InChI is InChI=1S/C19H28O4/c1-6-9-13-22-17(20)19(7-2,8-3)18(21)23-16-12-10-11-14(4)15(16)5/h10-12H,6-9,13H2,1-5H3. The first-order chi connectivity index (χ1) is 10.9. The van der Waals surface area contributed by atoms with Gasteiger partial charge in [-0.1, -0.05) is 39.3 Å². The lowest BCUT2D eigenvalue weighted by Crippen LogP contribution is -2.42. The molecule has 0 fully saturated rings. The predicted octanol–water partition coefficient (Wildman–Crippen LogP) is 4.36. The van der Waals surface area contributed by atoms with E-state index in [9.17, 15) is 9.59 Å². The normalized spacial score (nSPS) is 11.2. The second-order valence-electron chi connectivity index (χ2n) is 5.87. The van der Waals surface area contributed by atoms with Crippen molar-refractivity contribution < 1.29 is 19.1 Å². The van der Waals surface area contributed by atoms with Crippen LogP contribution in [0.2, 0.25) is 0 Å². The molecule has 4 heteroatoms. The van der Waals surface area contributed by atoms with Gasteiger partial charge in [-0.3, -0.25) is 9.59 Å². The van der Waals surface area contributed by atoms with Crippen LogP contribution in [0.3, 0.4) is 0 Å². The number of ether oxygens (including phenoxy) is 2. The van der Waals surface area contributed by atoms with Gasteiger partial charge in [-0.25, -0.2) is 0 Å². The van der Waals surface area contributed by atoms with Crippen molar-refractivity contribution in [3.63, 3.8) is 0 Å². The molecule has 0 aliphatic rings. The molecule has 0 heterocycles. The fourth-order valence-electron chi connectivity index (χ4n) is 2.39. The zero-order chi connectivity index (χ0) is 17.5. The summed E-state index contributed by atoms with van der Waals surface area (Å²) < 4.78 is 10.9. The first-order valence-corrected chi connectivity index (χ1v) is 8.38. The molecule has 0 aliphatic heterocycles. The Morgan fingerprint density at radius 3 is 2.26 bits per heavy atom. The fraction of sp³-hybridized carbons (Fsp3) is 0.579. The number of aryl methyl sites for hydroxylation is 1. The van der Waals surface area contributed by atoms with Crippen LogP contribution in [0.15, 0.2) is 18.2 Å². The molecule has 0 bridgehead atoms. The third-order valence-electron chi connectivity index (χ3n) is 4.48. The van der Waals surface area contributed by atoms with E-state index in [4.69, 9.17) is 9.47 Å². The van der Waals surface area contributed by atoms with Crippen LogP contribution in [0.1, 0.15) is 57.6 Å². The molecule has 4 nitrogen and oxygen atoms in total. The average molecular weight is 320 g/mol. The number of rotatable bonds is 8. The maximum Gasteiger partial charge on any atom is 0.328 e. The van der Waals surface area contributed by atoms with Gasteiger partial charge in [-0.05, 0) is 50.3 Å². The first kappa shape index (κ1) is 19.2. The number of esters is 2. The van der Waals surface area contributed by atoms with Crippen LogP contribution in [-0.2, 0) is 14.3 Å². The summed E-state index contributed by atoms with van der Waals surface area (Å²) in [5.41, 5.74) is 0.713. The molecule has 0 atom stereocenters. The van der Waals surface area contributed by atoms with Gasteiger partial charge in [-0.2, -0.15) is 0 Å². The highest BCUT2D eigenvalue weighted by Crippen LogP contribution is 2.32. The molecule has 1 rings (SSSR count). The number of carbonyl (C=O) groups excluding carboxylic acids is 2. The Balaban J connectivity index is 2.97. The Kier molecular flexibility index (Phi) is 7.27. The summed E-state index contributed by atoms with van der Waals surface area (Å²) in [5, 5.41) is 0. The maximum atomic E-state index is 12.7. The van der Waals surface area contributed by atoms with Crippen LogP contribution in [0.25, 0.3) is 0 Å². The van der Waals surface area contributed by atoms with Gasteiger partial charge in [0.2, 0.25) is 0 Å². The van der Waals surface area contributed by atoms with Crippen LogP contribution in [0.5, 0.6) is 5.75 Å². The SMILES string of the molecule is CCCCOC(=O)C(CC)(CC)C(=O)Oc1cccc(C)c1C. The molecule has 0 saturated carbocycles. The summed E-state index contributed by atoms with van der Waals surface area (Å²) in [6.07, 6.45) is 2.45. The third kappa shape index (κ3) is 4.34. The van der Waals surface area contributed by atoms with E-state index in [1.807, 2.05) is 46.8 Å². The first-order valence-electron chi connectivity index (χ1n) is 8.38. The van der Waals surface area contributed by atoms with E-state index in [0.29, 0.717) is 25.2 Å². The lowest BCUT2D eigenvalue weighted by Gasteiger charge is -2.27. The largest absolute Gasteiger partial charge is 0.465 e. The van der Waals surface area contributed by atoms with Crippen molar-refractivity contribution in [2.75, 3.05) is 6.61 Å². The zero-order valence-corrected chi connectivity index (χ0v) is 14.9. The van der Waals surface area contributed by atoms with E-state index in [1.165, 1.54) is 0 Å². The van der Waals surface area contributed by atoms with Crippen molar-refractivity contribution in [2.24, 2.45) is 5.41 Å². The van der Waals surface area contributed by atoms with Crippen molar-refractivity contribution in [2.45, 2.75) is 60.3 Å². The summed E-state index contributed by atoms with van der Waals surface area (Å²) in [6, 6.07) is 5.54. The average Bonchev–Trinajstić information content (AvgIpc) is 2.54. The highest BCUT2D eigenvalue weighted by molar-refractivity contribution is 6.00. The van der Waals surface area contributed by atoms with E-state index in [0.717, 1.165) is 24.0 Å². The lowest BCUT2D eigenvalue weighted by molar-refractivity contribution is -0.168. The summed E-state index contributed by atoms with van der Waals surface area (Å²) in [4.78, 5) is 25.2. The van der Waals surface area contributed by atoms with Crippen molar-refractivity contribution in [3.05, 3.63) is 29.3 Å². The summed E-state index contributed by atoms with van der Waals surface area (Å²) >= 11 is 0. The van der Waals surface area contributed by atoms with Gasteiger partial charge >= 0.3 is 11.9 Å². The van der Waals surface area contributed by atoms with Crippen LogP contribution in [-0.4, -0.2) is 18.5 Å². The van der Waals surface area contributed by atoms with E-state index in [2.05, 4.69) is 0 Å². The van der Waals surface area contributed by atoms with Crippen molar-refractivity contribution in [3.8, 4) is 5.75 Å². The van der Waals surface area contributed by atoms with E-state index in [-0.39, 0.29) is 0 Å². The smallest absolute Gasteiger partial charge is 0.328 e. The fourth-order valence-corrected chi connectivity index (χ4v) is 2.39. The molecule has 0 spiro atoms. The van der Waals surface area contributed by atoms with Crippen molar-refractivity contribution in [1.29, 1.82) is 0 Å². The Morgan fingerprint density at radius 1 is 1.04 bits per heavy atom. The number of hydrogen-bond donors (Lipinski definition) is 0. The van der Waals surface area contributed by atoms with E-state index >= 15 is 0 Å². The minimum Gasteiger partial charge on any atom is -0.465 e. The van der Waals surface area contributed by atoms with Gasteiger partial charge in [0.1, 0.15) is 5.75 Å². The number of hydrogen-bond acceptors (Lipinski definition) is 4. The van der Waals surface area contributed by atoms with Gasteiger partial charge in [0.25, 0.3) is 0 Å². The maximum absolute atomic E-state index is 12.7. The summed E-state index contributed by atoms with van der Waals surface area (Å²) in [5.74, 6) is -0.508. The highest BCUT2D eigenvalue weighted by Gasteiger charge is 2.46. The second-order valence-corrected chi connectivity index (χ2v) is 5.87. The number of benzene rings is 1. The molecule has 128 valence electrons. The minimum absolute atomic E-state index is 0.341. The van der Waals surface area contributed by atoms with Gasteiger partial charge in [0, 0.05) is 0 Å². The molecule has 0 aliphatic carbocycles. The lowest BCUT2D eigenvalue weighted by atomic mass is 9.82. The summed E-state index contributed by atoms with van der Waals surface area (Å²) in [6.45, 7) is 9.85. The molecule has 0 N–H and O–H groups in total. The minimum atomic E-state index is -1.23. The van der Waals surface area contributed by atoms with Crippen molar-refractivity contribution >= 4 is 11.9 Å². The Labute approximate surface area is 139 Å². The molecule has 0 radical (unpaired) electrons. The molecule has 0 aromatic heterocycles. The molecule has 0 unspecified atom stereocenters. The molecule has 0 amide bonds. The Morgan fingerprint density at radius 2 is 1.70 bits per heavy atom. The Bertz CT molecular complexity index is 544. The monoisotopic (exact) mass is 320 g/mol.